The molecule has 158 valence electrons. The molecule has 2 amide bonds. The first-order chi connectivity index (χ1) is 14.8. The third-order valence-electron chi connectivity index (χ3n) is 5.09. The smallest absolute Gasteiger partial charge is 0.293 e. The molecule has 3 aromatic rings. The van der Waals surface area contributed by atoms with Gasteiger partial charge in [-0.15, -0.1) is 0 Å². The van der Waals surface area contributed by atoms with E-state index in [9.17, 15) is 9.59 Å². The lowest BCUT2D eigenvalue weighted by Crippen LogP contribution is -2.27. The number of nitrogens with zero attached hydrogens (tertiary/aromatic N) is 2. The van der Waals surface area contributed by atoms with E-state index in [1.165, 1.54) is 4.90 Å². The van der Waals surface area contributed by atoms with Gasteiger partial charge in [0.25, 0.3) is 11.1 Å². The quantitative estimate of drug-likeness (QED) is 0.327. The van der Waals surface area contributed by atoms with Crippen LogP contribution in [0.15, 0.2) is 57.9 Å². The minimum absolute atomic E-state index is 0.0401. The van der Waals surface area contributed by atoms with Crippen molar-refractivity contribution in [3.8, 4) is 5.69 Å². The van der Waals surface area contributed by atoms with Crippen LogP contribution in [-0.4, -0.2) is 20.6 Å². The molecule has 8 heteroatoms. The van der Waals surface area contributed by atoms with E-state index in [-0.39, 0.29) is 17.7 Å². The molecule has 1 aliphatic heterocycles. The molecule has 31 heavy (non-hydrogen) atoms. The Kier molecular flexibility index (Phi) is 6.35. The van der Waals surface area contributed by atoms with Crippen molar-refractivity contribution in [1.82, 2.24) is 9.47 Å². The van der Waals surface area contributed by atoms with Crippen LogP contribution >= 0.6 is 50.9 Å². The van der Waals surface area contributed by atoms with E-state index >= 15 is 0 Å². The number of benzene rings is 2. The Balaban J connectivity index is 1.64. The van der Waals surface area contributed by atoms with Gasteiger partial charge in [0.05, 0.1) is 11.4 Å². The molecule has 0 saturated carbocycles. The first kappa shape index (κ1) is 22.2. The van der Waals surface area contributed by atoms with Gasteiger partial charge in [-0.1, -0.05) is 45.2 Å². The van der Waals surface area contributed by atoms with Crippen molar-refractivity contribution in [2.24, 2.45) is 0 Å². The van der Waals surface area contributed by atoms with Gasteiger partial charge in [-0.2, -0.15) is 0 Å². The average Bonchev–Trinajstić information content (AvgIpc) is 3.15. The van der Waals surface area contributed by atoms with E-state index in [2.05, 4.69) is 20.5 Å². The molecule has 1 aromatic heterocycles. The van der Waals surface area contributed by atoms with Crippen LogP contribution in [0.1, 0.15) is 22.5 Å². The molecule has 0 radical (unpaired) electrons. The van der Waals surface area contributed by atoms with E-state index < -0.39 is 0 Å². The zero-order valence-electron chi connectivity index (χ0n) is 16.7. The second kappa shape index (κ2) is 8.87. The van der Waals surface area contributed by atoms with Crippen molar-refractivity contribution in [3.05, 3.63) is 90.5 Å². The molecule has 1 saturated heterocycles. The van der Waals surface area contributed by atoms with E-state index in [1.807, 2.05) is 44.2 Å². The Labute approximate surface area is 203 Å². The van der Waals surface area contributed by atoms with Gasteiger partial charge in [-0.3, -0.25) is 14.5 Å². The van der Waals surface area contributed by atoms with Crippen molar-refractivity contribution in [1.29, 1.82) is 0 Å². The first-order valence-corrected chi connectivity index (χ1v) is 11.8. The van der Waals surface area contributed by atoms with Crippen molar-refractivity contribution in [2.45, 2.75) is 20.4 Å². The SMILES string of the molecule is Cc1cc(/C=C2\SC(=O)N(Cc3c(Cl)cccc3Cl)C2=O)c(C)n1-c1ccc(Br)cc1. The normalized spacial score (nSPS) is 15.4. The number of aromatic nitrogens is 1. The summed E-state index contributed by atoms with van der Waals surface area (Å²) >= 11 is 16.8. The van der Waals surface area contributed by atoms with Gasteiger partial charge in [-0.05, 0) is 79.7 Å². The van der Waals surface area contributed by atoms with Crippen LogP contribution in [0.2, 0.25) is 10.0 Å². The summed E-state index contributed by atoms with van der Waals surface area (Å²) in [5.74, 6) is -0.348. The minimum Gasteiger partial charge on any atom is -0.318 e. The highest BCUT2D eigenvalue weighted by Crippen LogP contribution is 2.36. The maximum Gasteiger partial charge on any atom is 0.293 e. The zero-order chi connectivity index (χ0) is 22.3. The summed E-state index contributed by atoms with van der Waals surface area (Å²) in [5.41, 5.74) is 4.50. The van der Waals surface area contributed by atoms with Crippen molar-refractivity contribution < 1.29 is 9.59 Å². The summed E-state index contributed by atoms with van der Waals surface area (Å²) in [7, 11) is 0. The standard InChI is InChI=1S/C23H17BrCl2N2O2S/c1-13-10-15(14(2)28(13)17-8-6-16(24)7-9-17)11-21-22(29)27(23(30)31-21)12-18-19(25)4-3-5-20(18)26/h3-11H,12H2,1-2H3/b21-11-. The van der Waals surface area contributed by atoms with Crippen LogP contribution < -0.4 is 0 Å². The molecule has 1 aliphatic rings. The van der Waals surface area contributed by atoms with Crippen LogP contribution in [0.5, 0.6) is 0 Å². The molecule has 0 atom stereocenters. The topological polar surface area (TPSA) is 42.3 Å². The highest BCUT2D eigenvalue weighted by molar-refractivity contribution is 9.10. The first-order valence-electron chi connectivity index (χ1n) is 9.39. The van der Waals surface area contributed by atoms with Gasteiger partial charge in [0.2, 0.25) is 0 Å². The Bertz CT molecular complexity index is 1210. The molecule has 0 spiro atoms. The third kappa shape index (κ3) is 4.35. The van der Waals surface area contributed by atoms with Crippen molar-refractivity contribution in [3.63, 3.8) is 0 Å². The Morgan fingerprint density at radius 1 is 1.03 bits per heavy atom. The number of hydrogen-bond donors (Lipinski definition) is 0. The summed E-state index contributed by atoms with van der Waals surface area (Å²) in [4.78, 5) is 27.1. The number of amides is 2. The Morgan fingerprint density at radius 3 is 2.32 bits per heavy atom. The van der Waals surface area contributed by atoms with E-state index in [4.69, 9.17) is 23.2 Å². The van der Waals surface area contributed by atoms with Crippen LogP contribution in [0, 0.1) is 13.8 Å². The summed E-state index contributed by atoms with van der Waals surface area (Å²) in [6.45, 7) is 4.05. The fourth-order valence-corrected chi connectivity index (χ4v) is 5.15. The lowest BCUT2D eigenvalue weighted by Gasteiger charge is -2.14. The van der Waals surface area contributed by atoms with Crippen molar-refractivity contribution >= 4 is 68.1 Å². The molecule has 1 fully saturated rings. The van der Waals surface area contributed by atoms with Crippen LogP contribution in [-0.2, 0) is 11.3 Å². The number of carbonyl (C=O) groups is 2. The molecule has 2 heterocycles. The van der Waals surface area contributed by atoms with Gasteiger partial charge in [0.15, 0.2) is 0 Å². The van der Waals surface area contributed by atoms with Crippen LogP contribution in [0.25, 0.3) is 11.8 Å². The monoisotopic (exact) mass is 534 g/mol. The lowest BCUT2D eigenvalue weighted by atomic mass is 10.2. The maximum atomic E-state index is 13.0. The van der Waals surface area contributed by atoms with Crippen LogP contribution in [0.4, 0.5) is 4.79 Å². The summed E-state index contributed by atoms with van der Waals surface area (Å²) in [6, 6.07) is 15.1. The van der Waals surface area contributed by atoms with E-state index in [0.29, 0.717) is 20.5 Å². The zero-order valence-corrected chi connectivity index (χ0v) is 20.6. The second-order valence-corrected chi connectivity index (χ2v) is 9.83. The molecule has 0 aliphatic carbocycles. The predicted octanol–water partition coefficient (Wildman–Crippen LogP) is 7.40. The number of halogens is 3. The number of imide groups is 1. The number of aryl methyl sites for hydroxylation is 1. The molecule has 2 aromatic carbocycles. The van der Waals surface area contributed by atoms with Gasteiger partial charge in [-0.25, -0.2) is 0 Å². The molecule has 4 nitrogen and oxygen atoms in total. The number of hydrogen-bond acceptors (Lipinski definition) is 3. The fourth-order valence-electron chi connectivity index (χ4n) is 3.54. The largest absolute Gasteiger partial charge is 0.318 e. The third-order valence-corrected chi connectivity index (χ3v) is 7.24. The van der Waals surface area contributed by atoms with E-state index in [1.54, 1.807) is 24.3 Å². The highest BCUT2D eigenvalue weighted by Gasteiger charge is 2.36. The van der Waals surface area contributed by atoms with Gasteiger partial charge in [0, 0.05) is 37.2 Å². The van der Waals surface area contributed by atoms with Gasteiger partial charge in [0.1, 0.15) is 0 Å². The summed E-state index contributed by atoms with van der Waals surface area (Å²) < 4.78 is 3.12. The van der Waals surface area contributed by atoms with Crippen LogP contribution in [0.3, 0.4) is 0 Å². The Hall–Kier alpha value is -1.99. The molecule has 0 N–H and O–H groups in total. The number of carbonyl (C=O) groups excluding carboxylic acids is 2. The molecular formula is C23H17BrCl2N2O2S. The minimum atomic E-state index is -0.348. The molecule has 4 rings (SSSR count). The molecule has 0 bridgehead atoms. The average molecular weight is 536 g/mol. The fraction of sp³-hybridized carbons (Fsp3) is 0.130. The number of rotatable bonds is 4. The molecule has 0 unspecified atom stereocenters. The molecular weight excluding hydrogens is 519 g/mol. The predicted molar refractivity (Wildman–Crippen MR) is 131 cm³/mol. The van der Waals surface area contributed by atoms with Crippen molar-refractivity contribution in [2.75, 3.05) is 0 Å². The maximum absolute atomic E-state index is 13.0. The highest BCUT2D eigenvalue weighted by atomic mass is 79.9. The lowest BCUT2D eigenvalue weighted by molar-refractivity contribution is -0.123. The van der Waals surface area contributed by atoms with Gasteiger partial charge < -0.3 is 4.57 Å². The second-order valence-electron chi connectivity index (χ2n) is 7.11. The Morgan fingerprint density at radius 2 is 1.68 bits per heavy atom. The number of thioether (sulfide) groups is 1. The van der Waals surface area contributed by atoms with E-state index in [0.717, 1.165) is 38.9 Å². The summed E-state index contributed by atoms with van der Waals surface area (Å²) in [5, 5.41) is 0.510. The van der Waals surface area contributed by atoms with Gasteiger partial charge >= 0.3 is 0 Å². The summed E-state index contributed by atoms with van der Waals surface area (Å²) in [6.07, 6.45) is 1.77.